The van der Waals surface area contributed by atoms with Crippen LogP contribution in [0.5, 0.6) is 0 Å². The number of anilines is 1. The number of amides is 1. The zero-order chi connectivity index (χ0) is 13.5. The minimum absolute atomic E-state index is 0.0353. The number of nitrogen functional groups attached to an aromatic ring is 1. The van der Waals surface area contributed by atoms with Gasteiger partial charge < -0.3 is 11.1 Å². The standard InChI is InChI=1S/C15H18N2OS/c1-15(7-4-8-15)9-17-14(18)13-12(16)10-5-2-3-6-11(10)19-13/h2-3,5-6H,4,7-9,16H2,1H3,(H,17,18). The molecule has 0 aliphatic heterocycles. The molecule has 1 aliphatic carbocycles. The summed E-state index contributed by atoms with van der Waals surface area (Å²) in [5, 5.41) is 4.01. The van der Waals surface area contributed by atoms with Crippen LogP contribution < -0.4 is 11.1 Å². The molecule has 0 spiro atoms. The highest BCUT2D eigenvalue weighted by atomic mass is 32.1. The molecule has 0 bridgehead atoms. The van der Waals surface area contributed by atoms with Gasteiger partial charge in [-0.15, -0.1) is 11.3 Å². The Labute approximate surface area is 116 Å². The van der Waals surface area contributed by atoms with Gasteiger partial charge in [0.2, 0.25) is 0 Å². The first-order valence-electron chi connectivity index (χ1n) is 6.64. The number of carbonyl (C=O) groups is 1. The highest BCUT2D eigenvalue weighted by molar-refractivity contribution is 7.21. The summed E-state index contributed by atoms with van der Waals surface area (Å²) in [6.07, 6.45) is 3.68. The summed E-state index contributed by atoms with van der Waals surface area (Å²) in [5.41, 5.74) is 6.98. The van der Waals surface area contributed by atoms with Crippen LogP contribution in [0.25, 0.3) is 10.1 Å². The van der Waals surface area contributed by atoms with E-state index in [4.69, 9.17) is 5.73 Å². The van der Waals surface area contributed by atoms with E-state index in [0.29, 0.717) is 16.0 Å². The molecular formula is C15H18N2OS. The lowest BCUT2D eigenvalue weighted by Gasteiger charge is -2.38. The maximum Gasteiger partial charge on any atom is 0.263 e. The van der Waals surface area contributed by atoms with Crippen LogP contribution in [-0.2, 0) is 0 Å². The number of hydrogen-bond donors (Lipinski definition) is 2. The molecule has 19 heavy (non-hydrogen) atoms. The lowest BCUT2D eigenvalue weighted by molar-refractivity contribution is 0.0895. The molecule has 3 nitrogen and oxygen atoms in total. The largest absolute Gasteiger partial charge is 0.397 e. The molecule has 1 heterocycles. The molecule has 100 valence electrons. The second-order valence-corrected chi connectivity index (χ2v) is 6.74. The van der Waals surface area contributed by atoms with Crippen LogP contribution in [0.1, 0.15) is 35.9 Å². The lowest BCUT2D eigenvalue weighted by Crippen LogP contribution is -2.39. The van der Waals surface area contributed by atoms with Crippen molar-refractivity contribution in [1.82, 2.24) is 5.32 Å². The van der Waals surface area contributed by atoms with Crippen molar-refractivity contribution in [2.24, 2.45) is 5.41 Å². The molecule has 1 saturated carbocycles. The molecule has 1 fully saturated rings. The second-order valence-electron chi connectivity index (χ2n) is 5.69. The van der Waals surface area contributed by atoms with Crippen molar-refractivity contribution in [2.45, 2.75) is 26.2 Å². The van der Waals surface area contributed by atoms with Crippen molar-refractivity contribution in [3.05, 3.63) is 29.1 Å². The highest BCUT2D eigenvalue weighted by Crippen LogP contribution is 2.39. The quantitative estimate of drug-likeness (QED) is 0.901. The highest BCUT2D eigenvalue weighted by Gasteiger charge is 2.32. The molecule has 3 N–H and O–H groups in total. The average molecular weight is 274 g/mol. The van der Waals surface area contributed by atoms with Crippen LogP contribution in [-0.4, -0.2) is 12.5 Å². The lowest BCUT2D eigenvalue weighted by atomic mass is 9.70. The number of nitrogens with two attached hydrogens (primary N) is 1. The molecular weight excluding hydrogens is 256 g/mol. The molecule has 0 unspecified atom stereocenters. The summed E-state index contributed by atoms with van der Waals surface area (Å²) in [4.78, 5) is 12.9. The number of benzene rings is 1. The zero-order valence-electron chi connectivity index (χ0n) is 11.0. The Balaban J connectivity index is 1.79. The third kappa shape index (κ3) is 2.21. The van der Waals surface area contributed by atoms with E-state index in [0.717, 1.165) is 16.6 Å². The Hall–Kier alpha value is -1.55. The molecule has 1 aromatic carbocycles. The van der Waals surface area contributed by atoms with Gasteiger partial charge in [-0.3, -0.25) is 4.79 Å². The maximum atomic E-state index is 12.2. The molecule has 2 aromatic rings. The van der Waals surface area contributed by atoms with Gasteiger partial charge in [-0.1, -0.05) is 31.5 Å². The summed E-state index contributed by atoms with van der Waals surface area (Å²) in [5.74, 6) is -0.0353. The van der Waals surface area contributed by atoms with E-state index < -0.39 is 0 Å². The fourth-order valence-corrected chi connectivity index (χ4v) is 3.60. The van der Waals surface area contributed by atoms with Gasteiger partial charge in [0, 0.05) is 16.6 Å². The van der Waals surface area contributed by atoms with Gasteiger partial charge in [0.15, 0.2) is 0 Å². The first-order chi connectivity index (χ1) is 9.09. The van der Waals surface area contributed by atoms with Gasteiger partial charge in [0.05, 0.1) is 5.69 Å². The minimum atomic E-state index is -0.0353. The zero-order valence-corrected chi connectivity index (χ0v) is 11.8. The summed E-state index contributed by atoms with van der Waals surface area (Å²) < 4.78 is 1.07. The van der Waals surface area contributed by atoms with Crippen molar-refractivity contribution in [2.75, 3.05) is 12.3 Å². The average Bonchev–Trinajstić information content (AvgIpc) is 2.72. The summed E-state index contributed by atoms with van der Waals surface area (Å²) in [6, 6.07) is 7.88. The predicted octanol–water partition coefficient (Wildman–Crippen LogP) is 3.40. The first kappa shape index (κ1) is 12.5. The molecule has 0 saturated heterocycles. The number of rotatable bonds is 3. The van der Waals surface area contributed by atoms with Crippen LogP contribution >= 0.6 is 11.3 Å². The number of fused-ring (bicyclic) bond motifs is 1. The molecule has 3 rings (SSSR count). The fraction of sp³-hybridized carbons (Fsp3) is 0.400. The van der Waals surface area contributed by atoms with Crippen molar-refractivity contribution in [3.63, 3.8) is 0 Å². The summed E-state index contributed by atoms with van der Waals surface area (Å²) >= 11 is 1.47. The van der Waals surface area contributed by atoms with Crippen molar-refractivity contribution < 1.29 is 4.79 Å². The van der Waals surface area contributed by atoms with Gasteiger partial charge in [-0.25, -0.2) is 0 Å². The predicted molar refractivity (Wildman–Crippen MR) is 80.5 cm³/mol. The van der Waals surface area contributed by atoms with E-state index >= 15 is 0 Å². The van der Waals surface area contributed by atoms with Crippen molar-refractivity contribution in [3.8, 4) is 0 Å². The summed E-state index contributed by atoms with van der Waals surface area (Å²) in [7, 11) is 0. The monoisotopic (exact) mass is 274 g/mol. The first-order valence-corrected chi connectivity index (χ1v) is 7.46. The third-order valence-electron chi connectivity index (χ3n) is 4.08. The van der Waals surface area contributed by atoms with E-state index in [9.17, 15) is 4.79 Å². The van der Waals surface area contributed by atoms with Crippen LogP contribution in [0.3, 0.4) is 0 Å². The SMILES string of the molecule is CC1(CNC(=O)c2sc3ccccc3c2N)CCC1. The third-order valence-corrected chi connectivity index (χ3v) is 5.26. The Bertz CT molecular complexity index is 628. The van der Waals surface area contributed by atoms with Crippen LogP contribution in [0.15, 0.2) is 24.3 Å². The number of carbonyl (C=O) groups excluding carboxylic acids is 1. The van der Waals surface area contributed by atoms with E-state index in [1.54, 1.807) is 0 Å². The van der Waals surface area contributed by atoms with Crippen molar-refractivity contribution in [1.29, 1.82) is 0 Å². The van der Waals surface area contributed by atoms with Crippen LogP contribution in [0, 0.1) is 5.41 Å². The minimum Gasteiger partial charge on any atom is -0.397 e. The van der Waals surface area contributed by atoms with Gasteiger partial charge in [-0.2, -0.15) is 0 Å². The summed E-state index contributed by atoms with van der Waals surface area (Å²) in [6.45, 7) is 2.98. The van der Waals surface area contributed by atoms with Gasteiger partial charge >= 0.3 is 0 Å². The molecule has 0 radical (unpaired) electrons. The Morgan fingerprint density at radius 2 is 2.16 bits per heavy atom. The Morgan fingerprint density at radius 3 is 2.79 bits per heavy atom. The molecule has 1 amide bonds. The Kier molecular flexibility index (Phi) is 2.97. The fourth-order valence-electron chi connectivity index (χ4n) is 2.57. The normalized spacial score (nSPS) is 17.1. The molecule has 0 atom stereocenters. The van der Waals surface area contributed by atoms with E-state index in [2.05, 4.69) is 12.2 Å². The van der Waals surface area contributed by atoms with E-state index in [-0.39, 0.29) is 5.91 Å². The van der Waals surface area contributed by atoms with Gasteiger partial charge in [0.25, 0.3) is 5.91 Å². The topological polar surface area (TPSA) is 55.1 Å². The Morgan fingerprint density at radius 1 is 1.42 bits per heavy atom. The molecule has 1 aromatic heterocycles. The smallest absolute Gasteiger partial charge is 0.263 e. The van der Waals surface area contributed by atoms with E-state index in [1.807, 2.05) is 24.3 Å². The maximum absolute atomic E-state index is 12.2. The van der Waals surface area contributed by atoms with Crippen LogP contribution in [0.2, 0.25) is 0 Å². The number of thiophene rings is 1. The van der Waals surface area contributed by atoms with Gasteiger partial charge in [0.1, 0.15) is 4.88 Å². The van der Waals surface area contributed by atoms with Gasteiger partial charge in [-0.05, 0) is 24.3 Å². The number of hydrogen-bond acceptors (Lipinski definition) is 3. The number of nitrogens with one attached hydrogen (secondary N) is 1. The van der Waals surface area contributed by atoms with E-state index in [1.165, 1.54) is 30.6 Å². The van der Waals surface area contributed by atoms with Crippen molar-refractivity contribution >= 4 is 33.0 Å². The molecule has 4 heteroatoms. The van der Waals surface area contributed by atoms with Crippen LogP contribution in [0.4, 0.5) is 5.69 Å². The second kappa shape index (κ2) is 4.53. The molecule has 1 aliphatic rings.